The normalized spacial score (nSPS) is 32.9. The van der Waals surface area contributed by atoms with E-state index in [0.717, 1.165) is 26.1 Å². The van der Waals surface area contributed by atoms with Gasteiger partial charge in [-0.2, -0.15) is 0 Å². The summed E-state index contributed by atoms with van der Waals surface area (Å²) in [4.78, 5) is 0. The van der Waals surface area contributed by atoms with Crippen molar-refractivity contribution >= 4 is 46.1 Å². The van der Waals surface area contributed by atoms with Crippen molar-refractivity contribution < 1.29 is 0 Å². The van der Waals surface area contributed by atoms with Crippen LogP contribution in [0.4, 0.5) is 0 Å². The average Bonchev–Trinajstić information content (AvgIpc) is 2.76. The Morgan fingerprint density at radius 3 is 2.47 bits per heavy atom. The summed E-state index contributed by atoms with van der Waals surface area (Å²) < 4.78 is 1.52. The van der Waals surface area contributed by atoms with Crippen molar-refractivity contribution in [2.75, 3.05) is 0 Å². The SMILES string of the molecule is Clc1cc(C(Cl)C2CCC3CCCCC3C2)c(Cl)s1. The van der Waals surface area contributed by atoms with E-state index in [4.69, 9.17) is 34.8 Å². The lowest BCUT2D eigenvalue weighted by molar-refractivity contribution is 0.127. The van der Waals surface area contributed by atoms with Crippen LogP contribution in [0.5, 0.6) is 0 Å². The van der Waals surface area contributed by atoms with E-state index in [-0.39, 0.29) is 5.38 Å². The highest BCUT2D eigenvalue weighted by atomic mass is 35.5. The molecule has 1 heterocycles. The predicted octanol–water partition coefficient (Wildman–Crippen LogP) is 6.94. The van der Waals surface area contributed by atoms with Crippen molar-refractivity contribution in [3.8, 4) is 0 Å². The first kappa shape index (κ1) is 14.5. The van der Waals surface area contributed by atoms with Gasteiger partial charge in [0.05, 0.1) is 14.0 Å². The minimum atomic E-state index is 0.0409. The number of thiophene rings is 1. The second kappa shape index (κ2) is 6.13. The predicted molar refractivity (Wildman–Crippen MR) is 85.7 cm³/mol. The van der Waals surface area contributed by atoms with Crippen LogP contribution in [0.1, 0.15) is 55.9 Å². The summed E-state index contributed by atoms with van der Waals surface area (Å²) in [5, 5.41) is 0.0409. The van der Waals surface area contributed by atoms with Gasteiger partial charge in [-0.1, -0.05) is 48.9 Å². The zero-order valence-corrected chi connectivity index (χ0v) is 14.0. The number of alkyl halides is 1. The lowest BCUT2D eigenvalue weighted by Crippen LogP contribution is -2.29. The molecule has 4 heteroatoms. The summed E-state index contributed by atoms with van der Waals surface area (Å²) in [5.41, 5.74) is 1.05. The van der Waals surface area contributed by atoms with E-state index < -0.39 is 0 Å². The minimum absolute atomic E-state index is 0.0409. The molecule has 0 bridgehead atoms. The Balaban J connectivity index is 1.70. The molecule has 2 aliphatic rings. The van der Waals surface area contributed by atoms with Crippen LogP contribution in [-0.4, -0.2) is 0 Å². The average molecular weight is 338 g/mol. The molecule has 4 atom stereocenters. The van der Waals surface area contributed by atoms with Gasteiger partial charge in [-0.25, -0.2) is 0 Å². The van der Waals surface area contributed by atoms with Crippen molar-refractivity contribution in [2.24, 2.45) is 17.8 Å². The molecule has 106 valence electrons. The molecule has 0 aromatic carbocycles. The monoisotopic (exact) mass is 336 g/mol. The Kier molecular flexibility index (Phi) is 4.68. The van der Waals surface area contributed by atoms with Gasteiger partial charge in [-0.3, -0.25) is 0 Å². The Hall–Kier alpha value is 0.570. The van der Waals surface area contributed by atoms with Crippen LogP contribution in [0.2, 0.25) is 8.67 Å². The standard InChI is InChI=1S/C15H19Cl3S/c16-13-8-12(15(18)19-13)14(17)11-6-5-9-3-1-2-4-10(9)7-11/h8-11,14H,1-7H2. The van der Waals surface area contributed by atoms with Crippen molar-refractivity contribution in [3.63, 3.8) is 0 Å². The van der Waals surface area contributed by atoms with Gasteiger partial charge in [0.2, 0.25) is 0 Å². The highest BCUT2D eigenvalue weighted by Gasteiger charge is 2.36. The number of hydrogen-bond donors (Lipinski definition) is 0. The van der Waals surface area contributed by atoms with Crippen molar-refractivity contribution in [1.82, 2.24) is 0 Å². The molecule has 0 aliphatic heterocycles. The molecule has 0 saturated heterocycles. The van der Waals surface area contributed by atoms with Gasteiger partial charge < -0.3 is 0 Å². The number of halogens is 3. The summed E-state index contributed by atoms with van der Waals surface area (Å²) in [7, 11) is 0. The third-order valence-electron chi connectivity index (χ3n) is 4.97. The van der Waals surface area contributed by atoms with Crippen molar-refractivity contribution in [2.45, 2.75) is 50.3 Å². The van der Waals surface area contributed by atoms with Crippen LogP contribution in [0.3, 0.4) is 0 Å². The first-order valence-electron chi connectivity index (χ1n) is 7.24. The second-order valence-electron chi connectivity index (χ2n) is 6.06. The Morgan fingerprint density at radius 1 is 1.05 bits per heavy atom. The lowest BCUT2D eigenvalue weighted by Gasteiger charge is -2.40. The summed E-state index contributed by atoms with van der Waals surface area (Å²) in [6, 6.07) is 1.96. The fourth-order valence-corrected chi connectivity index (χ4v) is 6.04. The van der Waals surface area contributed by atoms with E-state index in [2.05, 4.69) is 0 Å². The van der Waals surface area contributed by atoms with E-state index in [9.17, 15) is 0 Å². The molecule has 0 nitrogen and oxygen atoms in total. The first-order valence-corrected chi connectivity index (χ1v) is 9.25. The lowest BCUT2D eigenvalue weighted by atomic mass is 9.66. The van der Waals surface area contributed by atoms with Crippen LogP contribution in [0.15, 0.2) is 6.07 Å². The van der Waals surface area contributed by atoms with E-state index >= 15 is 0 Å². The van der Waals surface area contributed by atoms with Crippen LogP contribution in [-0.2, 0) is 0 Å². The molecule has 19 heavy (non-hydrogen) atoms. The van der Waals surface area contributed by atoms with Gasteiger partial charge in [-0.05, 0) is 43.1 Å². The van der Waals surface area contributed by atoms with Crippen molar-refractivity contribution in [1.29, 1.82) is 0 Å². The molecule has 2 fully saturated rings. The molecule has 1 aromatic rings. The van der Waals surface area contributed by atoms with Gasteiger partial charge in [-0.15, -0.1) is 22.9 Å². The maximum atomic E-state index is 6.70. The van der Waals surface area contributed by atoms with E-state index in [1.165, 1.54) is 56.3 Å². The first-order chi connectivity index (χ1) is 9.15. The Bertz CT molecular complexity index is 443. The molecule has 3 rings (SSSR count). The molecular weight excluding hydrogens is 319 g/mol. The van der Waals surface area contributed by atoms with Gasteiger partial charge in [0, 0.05) is 5.56 Å². The van der Waals surface area contributed by atoms with E-state index in [1.807, 2.05) is 6.07 Å². The quantitative estimate of drug-likeness (QED) is 0.513. The molecule has 0 amide bonds. The zero-order valence-electron chi connectivity index (χ0n) is 10.9. The van der Waals surface area contributed by atoms with Crippen LogP contribution in [0, 0.1) is 17.8 Å². The molecule has 4 unspecified atom stereocenters. The Morgan fingerprint density at radius 2 is 1.79 bits per heavy atom. The second-order valence-corrected chi connectivity index (χ2v) is 8.81. The maximum absolute atomic E-state index is 6.70. The van der Waals surface area contributed by atoms with Gasteiger partial charge >= 0.3 is 0 Å². The number of hydrogen-bond acceptors (Lipinski definition) is 1. The molecule has 2 aliphatic carbocycles. The third kappa shape index (κ3) is 3.10. The minimum Gasteiger partial charge on any atom is -0.117 e. The number of rotatable bonds is 2. The van der Waals surface area contributed by atoms with E-state index in [0.29, 0.717) is 5.92 Å². The largest absolute Gasteiger partial charge is 0.117 e. The van der Waals surface area contributed by atoms with Crippen molar-refractivity contribution in [3.05, 3.63) is 20.3 Å². The smallest absolute Gasteiger partial charge is 0.0991 e. The molecule has 2 saturated carbocycles. The van der Waals surface area contributed by atoms with Gasteiger partial charge in [0.25, 0.3) is 0 Å². The maximum Gasteiger partial charge on any atom is 0.0991 e. The van der Waals surface area contributed by atoms with E-state index in [1.54, 1.807) is 0 Å². The summed E-state index contributed by atoms with van der Waals surface area (Å²) in [6.45, 7) is 0. The van der Waals surface area contributed by atoms with Gasteiger partial charge in [0.1, 0.15) is 0 Å². The molecule has 0 spiro atoms. The summed E-state index contributed by atoms with van der Waals surface area (Å²) in [5.74, 6) is 2.45. The Labute approximate surface area is 134 Å². The topological polar surface area (TPSA) is 0 Å². The molecule has 0 N–H and O–H groups in total. The number of fused-ring (bicyclic) bond motifs is 1. The third-order valence-corrected chi connectivity index (χ3v) is 7.08. The molecule has 0 radical (unpaired) electrons. The summed E-state index contributed by atoms with van der Waals surface area (Å²) in [6.07, 6.45) is 9.57. The highest BCUT2D eigenvalue weighted by molar-refractivity contribution is 7.20. The highest BCUT2D eigenvalue weighted by Crippen LogP contribution is 2.50. The molecule has 1 aromatic heterocycles. The van der Waals surface area contributed by atoms with Crippen LogP contribution >= 0.6 is 46.1 Å². The molecular formula is C15H19Cl3S. The zero-order chi connectivity index (χ0) is 13.4. The van der Waals surface area contributed by atoms with Gasteiger partial charge in [0.15, 0.2) is 0 Å². The van der Waals surface area contributed by atoms with Crippen LogP contribution in [0.25, 0.3) is 0 Å². The van der Waals surface area contributed by atoms with Crippen LogP contribution < -0.4 is 0 Å². The fraction of sp³-hybridized carbons (Fsp3) is 0.733. The summed E-state index contributed by atoms with van der Waals surface area (Å²) >= 11 is 20.4. The fourth-order valence-electron chi connectivity index (χ4n) is 3.97.